The zero-order valence-corrected chi connectivity index (χ0v) is 11.5. The molecule has 0 bridgehead atoms. The number of hydrogen-bond donors (Lipinski definition) is 2. The lowest BCUT2D eigenvalue weighted by atomic mass is 10.0. The smallest absolute Gasteiger partial charge is 0.220 e. The van der Waals surface area contributed by atoms with Crippen molar-refractivity contribution in [1.82, 2.24) is 5.32 Å². The number of aryl methyl sites for hydroxylation is 1. The van der Waals surface area contributed by atoms with E-state index in [9.17, 15) is 4.79 Å². The Morgan fingerprint density at radius 1 is 1.39 bits per heavy atom. The van der Waals surface area contributed by atoms with Gasteiger partial charge in [0.05, 0.1) is 0 Å². The van der Waals surface area contributed by atoms with Gasteiger partial charge in [-0.05, 0) is 36.0 Å². The van der Waals surface area contributed by atoms with Gasteiger partial charge in [-0.15, -0.1) is 0 Å². The van der Waals surface area contributed by atoms with Crippen LogP contribution in [0.3, 0.4) is 0 Å². The Labute approximate surface area is 109 Å². The van der Waals surface area contributed by atoms with Gasteiger partial charge < -0.3 is 10.4 Å². The summed E-state index contributed by atoms with van der Waals surface area (Å²) in [6.07, 6.45) is 1.26. The van der Waals surface area contributed by atoms with Gasteiger partial charge in [-0.25, -0.2) is 0 Å². The molecule has 0 saturated carbocycles. The molecule has 0 aromatic heterocycles. The predicted molar refractivity (Wildman–Crippen MR) is 73.3 cm³/mol. The van der Waals surface area contributed by atoms with Crippen LogP contribution in [0.4, 0.5) is 0 Å². The zero-order valence-electron chi connectivity index (χ0n) is 11.5. The summed E-state index contributed by atoms with van der Waals surface area (Å²) in [6.45, 7) is 6.85. The average molecular weight is 249 g/mol. The summed E-state index contributed by atoms with van der Waals surface area (Å²) in [5, 5.41) is 11.8. The number of aliphatic hydroxyl groups excluding tert-OH is 1. The molecule has 0 aliphatic heterocycles. The average Bonchev–Trinajstić information content (AvgIpc) is 2.29. The minimum Gasteiger partial charge on any atom is -0.396 e. The molecule has 0 saturated heterocycles. The van der Waals surface area contributed by atoms with Gasteiger partial charge in [-0.3, -0.25) is 4.79 Å². The summed E-state index contributed by atoms with van der Waals surface area (Å²) < 4.78 is 0. The number of carbonyl (C=O) groups is 1. The first-order chi connectivity index (χ1) is 8.52. The lowest BCUT2D eigenvalue weighted by Gasteiger charge is -2.10. The summed E-state index contributed by atoms with van der Waals surface area (Å²) in [5.74, 6) is 0.487. The van der Waals surface area contributed by atoms with E-state index in [1.807, 2.05) is 32.9 Å². The minimum atomic E-state index is 0.0992. The third-order valence-electron chi connectivity index (χ3n) is 2.87. The lowest BCUT2D eigenvalue weighted by molar-refractivity contribution is -0.121. The highest BCUT2D eigenvalue weighted by molar-refractivity contribution is 5.76. The van der Waals surface area contributed by atoms with Gasteiger partial charge in [-0.1, -0.05) is 32.0 Å². The van der Waals surface area contributed by atoms with E-state index in [0.717, 1.165) is 11.1 Å². The van der Waals surface area contributed by atoms with Gasteiger partial charge in [0.15, 0.2) is 0 Å². The highest BCUT2D eigenvalue weighted by Crippen LogP contribution is 2.11. The first-order valence-electron chi connectivity index (χ1n) is 6.49. The number of benzene rings is 1. The van der Waals surface area contributed by atoms with Crippen molar-refractivity contribution in [3.05, 3.63) is 34.9 Å². The van der Waals surface area contributed by atoms with Crippen molar-refractivity contribution < 1.29 is 9.90 Å². The number of amides is 1. The maximum atomic E-state index is 11.5. The molecular formula is C15H23NO2. The van der Waals surface area contributed by atoms with Crippen molar-refractivity contribution in [3.63, 3.8) is 0 Å². The van der Waals surface area contributed by atoms with Gasteiger partial charge in [0.25, 0.3) is 0 Å². The molecular weight excluding hydrogens is 226 g/mol. The van der Waals surface area contributed by atoms with Crippen LogP contribution >= 0.6 is 0 Å². The van der Waals surface area contributed by atoms with Gasteiger partial charge in [0.1, 0.15) is 0 Å². The number of hydrogen-bond acceptors (Lipinski definition) is 2. The van der Waals surface area contributed by atoms with Crippen LogP contribution in [0, 0.1) is 12.8 Å². The molecule has 0 aliphatic rings. The molecule has 100 valence electrons. The molecule has 0 unspecified atom stereocenters. The topological polar surface area (TPSA) is 49.3 Å². The molecule has 1 amide bonds. The van der Waals surface area contributed by atoms with Crippen LogP contribution in [-0.4, -0.2) is 17.6 Å². The molecule has 0 atom stereocenters. The fraction of sp³-hybridized carbons (Fsp3) is 0.533. The maximum Gasteiger partial charge on any atom is 0.220 e. The molecule has 18 heavy (non-hydrogen) atoms. The fourth-order valence-electron chi connectivity index (χ4n) is 1.91. The summed E-state index contributed by atoms with van der Waals surface area (Å²) in [6, 6.07) is 6.10. The van der Waals surface area contributed by atoms with Gasteiger partial charge in [-0.2, -0.15) is 0 Å². The van der Waals surface area contributed by atoms with E-state index in [1.165, 1.54) is 5.56 Å². The van der Waals surface area contributed by atoms with E-state index >= 15 is 0 Å². The molecule has 1 rings (SSSR count). The lowest BCUT2D eigenvalue weighted by Crippen LogP contribution is -2.23. The molecule has 0 heterocycles. The van der Waals surface area contributed by atoms with E-state index in [4.69, 9.17) is 5.11 Å². The molecule has 1 aromatic rings. The Balaban J connectivity index is 2.53. The van der Waals surface area contributed by atoms with Crippen LogP contribution < -0.4 is 5.32 Å². The first kappa shape index (κ1) is 14.7. The number of aliphatic hydroxyl groups is 1. The molecule has 3 nitrogen and oxygen atoms in total. The van der Waals surface area contributed by atoms with E-state index in [2.05, 4.69) is 11.4 Å². The Morgan fingerprint density at radius 3 is 2.67 bits per heavy atom. The zero-order chi connectivity index (χ0) is 13.5. The minimum absolute atomic E-state index is 0.0992. The van der Waals surface area contributed by atoms with E-state index < -0.39 is 0 Å². The summed E-state index contributed by atoms with van der Waals surface area (Å²) in [5.41, 5.74) is 3.43. The van der Waals surface area contributed by atoms with Gasteiger partial charge in [0, 0.05) is 19.6 Å². The summed E-state index contributed by atoms with van der Waals surface area (Å²) in [7, 11) is 0. The maximum absolute atomic E-state index is 11.5. The van der Waals surface area contributed by atoms with Crippen LogP contribution in [0.5, 0.6) is 0 Å². The number of nitrogens with one attached hydrogen (secondary N) is 1. The second-order valence-electron chi connectivity index (χ2n) is 5.11. The molecule has 0 aliphatic carbocycles. The molecule has 2 N–H and O–H groups in total. The summed E-state index contributed by atoms with van der Waals surface area (Å²) in [4.78, 5) is 11.5. The third-order valence-corrected chi connectivity index (χ3v) is 2.87. The van der Waals surface area contributed by atoms with Crippen LogP contribution in [-0.2, 0) is 17.8 Å². The van der Waals surface area contributed by atoms with Crippen molar-refractivity contribution in [1.29, 1.82) is 0 Å². The molecule has 3 heteroatoms. The second-order valence-corrected chi connectivity index (χ2v) is 5.11. The second kappa shape index (κ2) is 7.17. The van der Waals surface area contributed by atoms with Gasteiger partial charge in [0.2, 0.25) is 5.91 Å². The molecule has 0 fully saturated rings. The Morgan fingerprint density at radius 2 is 2.11 bits per heavy atom. The monoisotopic (exact) mass is 249 g/mol. The van der Waals surface area contributed by atoms with Crippen molar-refractivity contribution >= 4 is 5.91 Å². The largest absolute Gasteiger partial charge is 0.396 e. The SMILES string of the molecule is Cc1cc(CNC(=O)CC(C)C)ccc1CCO. The van der Waals surface area contributed by atoms with Crippen LogP contribution in [0.15, 0.2) is 18.2 Å². The third kappa shape index (κ3) is 4.88. The molecule has 1 aromatic carbocycles. The summed E-state index contributed by atoms with van der Waals surface area (Å²) >= 11 is 0. The molecule has 0 spiro atoms. The van der Waals surface area contributed by atoms with Crippen LogP contribution in [0.1, 0.15) is 37.0 Å². The predicted octanol–water partition coefficient (Wildman–Crippen LogP) is 2.19. The van der Waals surface area contributed by atoms with Crippen molar-refractivity contribution in [2.45, 2.75) is 40.2 Å². The highest BCUT2D eigenvalue weighted by Gasteiger charge is 2.05. The Kier molecular flexibility index (Phi) is 5.86. The standard InChI is InChI=1S/C15H23NO2/c1-11(2)8-15(18)16-10-13-4-5-14(6-7-17)12(3)9-13/h4-5,9,11,17H,6-8,10H2,1-3H3,(H,16,18). The molecule has 0 radical (unpaired) electrons. The van der Waals surface area contributed by atoms with Crippen LogP contribution in [0.2, 0.25) is 0 Å². The van der Waals surface area contributed by atoms with Gasteiger partial charge >= 0.3 is 0 Å². The van der Waals surface area contributed by atoms with Crippen molar-refractivity contribution in [3.8, 4) is 0 Å². The fourth-order valence-corrected chi connectivity index (χ4v) is 1.91. The van der Waals surface area contributed by atoms with E-state index in [1.54, 1.807) is 0 Å². The Hall–Kier alpha value is -1.35. The van der Waals surface area contributed by atoms with Crippen LogP contribution in [0.25, 0.3) is 0 Å². The first-order valence-corrected chi connectivity index (χ1v) is 6.49. The van der Waals surface area contributed by atoms with E-state index in [0.29, 0.717) is 25.3 Å². The highest BCUT2D eigenvalue weighted by atomic mass is 16.2. The van der Waals surface area contributed by atoms with Crippen molar-refractivity contribution in [2.75, 3.05) is 6.61 Å². The number of rotatable bonds is 6. The van der Waals surface area contributed by atoms with E-state index in [-0.39, 0.29) is 12.5 Å². The quantitative estimate of drug-likeness (QED) is 0.812. The van der Waals surface area contributed by atoms with Crippen molar-refractivity contribution in [2.24, 2.45) is 5.92 Å². The normalized spacial score (nSPS) is 10.7. The Bertz CT molecular complexity index is 399. The number of carbonyl (C=O) groups excluding carboxylic acids is 1.